The van der Waals surface area contributed by atoms with Crippen LogP contribution in [-0.4, -0.2) is 53.5 Å². The van der Waals surface area contributed by atoms with Crippen molar-refractivity contribution in [2.75, 3.05) is 17.6 Å². The number of carbonyl (C=O) groups excluding carboxylic acids is 1. The Bertz CT molecular complexity index is 1160. The predicted molar refractivity (Wildman–Crippen MR) is 130 cm³/mol. The molecule has 4 rings (SSSR count). The summed E-state index contributed by atoms with van der Waals surface area (Å²) in [6, 6.07) is 3.71. The maximum absolute atomic E-state index is 13.1. The maximum atomic E-state index is 13.1. The third kappa shape index (κ3) is 4.71. The van der Waals surface area contributed by atoms with E-state index in [-0.39, 0.29) is 35.9 Å². The molecule has 5 unspecified atom stereocenters. The van der Waals surface area contributed by atoms with Gasteiger partial charge in [0, 0.05) is 41.6 Å². The number of nitrogens with one attached hydrogen (secondary N) is 2. The van der Waals surface area contributed by atoms with Crippen molar-refractivity contribution in [1.82, 2.24) is 15.3 Å². The summed E-state index contributed by atoms with van der Waals surface area (Å²) in [5, 5.41) is 24.4. The minimum atomic E-state index is -3.50. The van der Waals surface area contributed by atoms with Crippen molar-refractivity contribution in [3.05, 3.63) is 40.7 Å². The van der Waals surface area contributed by atoms with Crippen LogP contribution in [0.1, 0.15) is 55.2 Å². The van der Waals surface area contributed by atoms with E-state index in [4.69, 9.17) is 0 Å². The van der Waals surface area contributed by atoms with Crippen molar-refractivity contribution in [3.63, 3.8) is 0 Å². The fourth-order valence-corrected chi connectivity index (χ4v) is 7.71. The van der Waals surface area contributed by atoms with Crippen LogP contribution in [0.25, 0.3) is 0 Å². The molecule has 0 saturated heterocycles. The van der Waals surface area contributed by atoms with Gasteiger partial charge in [-0.15, -0.1) is 11.3 Å². The van der Waals surface area contributed by atoms with Crippen LogP contribution >= 0.6 is 11.3 Å². The standard InChI is InChI=1S/C23H32N4O5S2/c1-22-7-6-18(29)23(2,13-28)17(22)10-16-20(26-21(33-16)27-34(3,31)32)15(22)9-19(30)25-12-14-5-4-8-24-11-14/h4-5,8,11,15,17-18,28-29H,6-7,9-10,12-13H2,1-3H3,(H,25,30)(H,26,27). The van der Waals surface area contributed by atoms with E-state index in [9.17, 15) is 23.4 Å². The number of aliphatic hydroxyl groups is 2. The Morgan fingerprint density at radius 1 is 1.35 bits per heavy atom. The van der Waals surface area contributed by atoms with Crippen molar-refractivity contribution in [2.45, 2.75) is 58.1 Å². The first-order chi connectivity index (χ1) is 16.0. The molecule has 34 heavy (non-hydrogen) atoms. The summed E-state index contributed by atoms with van der Waals surface area (Å²) in [5.74, 6) is -0.507. The van der Waals surface area contributed by atoms with Crippen molar-refractivity contribution in [2.24, 2.45) is 16.7 Å². The molecule has 2 heterocycles. The van der Waals surface area contributed by atoms with Crippen LogP contribution in [0.3, 0.4) is 0 Å². The van der Waals surface area contributed by atoms with E-state index in [1.807, 2.05) is 19.1 Å². The number of anilines is 1. The summed E-state index contributed by atoms with van der Waals surface area (Å²) in [4.78, 5) is 22.7. The Balaban J connectivity index is 1.68. The highest BCUT2D eigenvalue weighted by molar-refractivity contribution is 7.92. The number of hydrogen-bond acceptors (Lipinski definition) is 8. The fourth-order valence-electron chi connectivity index (χ4n) is 5.81. The molecule has 1 fully saturated rings. The van der Waals surface area contributed by atoms with Crippen LogP contribution in [0.4, 0.5) is 5.13 Å². The van der Waals surface area contributed by atoms with E-state index >= 15 is 0 Å². The molecule has 0 radical (unpaired) electrons. The molecule has 11 heteroatoms. The van der Waals surface area contributed by atoms with E-state index in [0.717, 1.165) is 22.4 Å². The molecule has 1 saturated carbocycles. The number of rotatable bonds is 7. The monoisotopic (exact) mass is 508 g/mol. The number of thiazole rings is 1. The summed E-state index contributed by atoms with van der Waals surface area (Å²) in [5.41, 5.74) is 0.504. The molecular formula is C23H32N4O5S2. The lowest BCUT2D eigenvalue weighted by atomic mass is 9.47. The number of hydrogen-bond donors (Lipinski definition) is 4. The van der Waals surface area contributed by atoms with Crippen LogP contribution in [0.2, 0.25) is 0 Å². The van der Waals surface area contributed by atoms with Crippen LogP contribution in [0, 0.1) is 16.7 Å². The number of amides is 1. The second-order valence-electron chi connectivity index (χ2n) is 10.1. The maximum Gasteiger partial charge on any atom is 0.231 e. The Kier molecular flexibility index (Phi) is 6.75. The molecule has 2 aromatic rings. The van der Waals surface area contributed by atoms with Gasteiger partial charge in [-0.05, 0) is 42.2 Å². The summed E-state index contributed by atoms with van der Waals surface area (Å²) < 4.78 is 26.1. The van der Waals surface area contributed by atoms with Gasteiger partial charge in [0.25, 0.3) is 0 Å². The van der Waals surface area contributed by atoms with E-state index in [1.165, 1.54) is 11.3 Å². The van der Waals surface area contributed by atoms with Gasteiger partial charge in [-0.25, -0.2) is 13.4 Å². The van der Waals surface area contributed by atoms with Gasteiger partial charge in [-0.3, -0.25) is 14.5 Å². The molecule has 0 spiro atoms. The summed E-state index contributed by atoms with van der Waals surface area (Å²) in [7, 11) is -3.50. The van der Waals surface area contributed by atoms with Gasteiger partial charge >= 0.3 is 0 Å². The topological polar surface area (TPSA) is 142 Å². The van der Waals surface area contributed by atoms with Crippen LogP contribution in [0.15, 0.2) is 24.5 Å². The zero-order chi connectivity index (χ0) is 24.7. The molecule has 0 bridgehead atoms. The quantitative estimate of drug-likeness (QED) is 0.448. The molecule has 0 aromatic carbocycles. The van der Waals surface area contributed by atoms with Gasteiger partial charge in [0.15, 0.2) is 5.13 Å². The molecule has 0 aliphatic heterocycles. The number of aromatic nitrogens is 2. The lowest BCUT2D eigenvalue weighted by Gasteiger charge is -2.58. The highest BCUT2D eigenvalue weighted by Crippen LogP contribution is 2.62. The second-order valence-corrected chi connectivity index (χ2v) is 12.9. The van der Waals surface area contributed by atoms with E-state index in [1.54, 1.807) is 12.4 Å². The van der Waals surface area contributed by atoms with Gasteiger partial charge in [0.2, 0.25) is 15.9 Å². The Labute approximate surface area is 204 Å². The minimum absolute atomic E-state index is 0.0936. The largest absolute Gasteiger partial charge is 0.396 e. The molecule has 2 aliphatic rings. The second kappa shape index (κ2) is 9.18. The van der Waals surface area contributed by atoms with Gasteiger partial charge in [-0.2, -0.15) is 0 Å². The Morgan fingerprint density at radius 2 is 2.12 bits per heavy atom. The van der Waals surface area contributed by atoms with Gasteiger partial charge < -0.3 is 15.5 Å². The smallest absolute Gasteiger partial charge is 0.231 e. The molecule has 4 N–H and O–H groups in total. The van der Waals surface area contributed by atoms with Crippen LogP contribution in [-0.2, 0) is 27.8 Å². The normalized spacial score (nSPS) is 30.8. The first kappa shape index (κ1) is 25.0. The minimum Gasteiger partial charge on any atom is -0.396 e. The molecule has 5 atom stereocenters. The summed E-state index contributed by atoms with van der Waals surface area (Å²) in [6.07, 6.45) is 5.75. The van der Waals surface area contributed by atoms with Crippen molar-refractivity contribution in [1.29, 1.82) is 0 Å². The zero-order valence-corrected chi connectivity index (χ0v) is 21.2. The molecule has 186 valence electrons. The number of aliphatic hydroxyl groups excluding tert-OH is 2. The van der Waals surface area contributed by atoms with Crippen LogP contribution in [0.5, 0.6) is 0 Å². The number of fused-ring (bicyclic) bond motifs is 2. The number of sulfonamides is 1. The first-order valence-electron chi connectivity index (χ1n) is 11.4. The lowest BCUT2D eigenvalue weighted by Crippen LogP contribution is -2.57. The summed E-state index contributed by atoms with van der Waals surface area (Å²) >= 11 is 1.27. The average molecular weight is 509 g/mol. The van der Waals surface area contributed by atoms with E-state index < -0.39 is 27.0 Å². The Morgan fingerprint density at radius 3 is 2.76 bits per heavy atom. The number of nitrogens with zero attached hydrogens (tertiary/aromatic N) is 2. The van der Waals surface area contributed by atoms with Crippen molar-refractivity contribution in [3.8, 4) is 0 Å². The number of carbonyl (C=O) groups is 1. The van der Waals surface area contributed by atoms with Gasteiger partial charge in [0.1, 0.15) is 0 Å². The average Bonchev–Trinajstić information content (AvgIpc) is 3.17. The number of pyridine rings is 1. The highest BCUT2D eigenvalue weighted by atomic mass is 32.2. The summed E-state index contributed by atoms with van der Waals surface area (Å²) in [6.45, 7) is 4.21. The van der Waals surface area contributed by atoms with Crippen LogP contribution < -0.4 is 10.0 Å². The highest BCUT2D eigenvalue weighted by Gasteiger charge is 2.59. The van der Waals surface area contributed by atoms with E-state index in [2.05, 4.69) is 26.9 Å². The lowest BCUT2D eigenvalue weighted by molar-refractivity contribution is -0.144. The molecule has 9 nitrogen and oxygen atoms in total. The SMILES string of the molecule is CC1(CO)C(O)CCC2(C)C(CC(=O)NCc3cccnc3)c3nc(NS(C)(=O)=O)sc3CC12. The molecule has 2 aromatic heterocycles. The third-order valence-electron chi connectivity index (χ3n) is 7.77. The van der Waals surface area contributed by atoms with Gasteiger partial charge in [0.05, 0.1) is 24.7 Å². The van der Waals surface area contributed by atoms with Crippen molar-refractivity contribution >= 4 is 32.4 Å². The fraction of sp³-hybridized carbons (Fsp3) is 0.609. The third-order valence-corrected chi connectivity index (χ3v) is 9.47. The zero-order valence-electron chi connectivity index (χ0n) is 19.6. The first-order valence-corrected chi connectivity index (χ1v) is 14.1. The Hall–Kier alpha value is -2.08. The predicted octanol–water partition coefficient (Wildman–Crippen LogP) is 2.03. The van der Waals surface area contributed by atoms with E-state index in [0.29, 0.717) is 25.8 Å². The molecular weight excluding hydrogens is 476 g/mol. The van der Waals surface area contributed by atoms with Gasteiger partial charge in [-0.1, -0.05) is 19.9 Å². The molecule has 1 amide bonds. The molecule has 2 aliphatic carbocycles. The van der Waals surface area contributed by atoms with Crippen molar-refractivity contribution < 1.29 is 23.4 Å².